The fraction of sp³-hybridized carbons (Fsp3) is 0.429. The van der Waals surface area contributed by atoms with Crippen molar-refractivity contribution in [2.75, 3.05) is 13.6 Å². The zero-order valence-electron chi connectivity index (χ0n) is 12.0. The molecule has 21 heavy (non-hydrogen) atoms. The number of hydrogen-bond acceptors (Lipinski definition) is 3. The van der Waals surface area contributed by atoms with Crippen LogP contribution in [0, 0.1) is 0 Å². The second-order valence-corrected chi connectivity index (χ2v) is 5.02. The molecule has 0 saturated carbocycles. The summed E-state index contributed by atoms with van der Waals surface area (Å²) in [4.78, 5) is 24.2. The average Bonchev–Trinajstić information content (AvgIpc) is 2.42. The Morgan fingerprint density at radius 1 is 1.38 bits per heavy atom. The summed E-state index contributed by atoms with van der Waals surface area (Å²) in [6.45, 7) is 2.43. The third-order valence-electron chi connectivity index (χ3n) is 3.13. The molecule has 2 N–H and O–H groups in total. The normalized spacial score (nSPS) is 11.6. The molecule has 1 amide bonds. The molecule has 0 heterocycles. The predicted octanol–water partition coefficient (Wildman–Crippen LogP) is 2.17. The Labute approximate surface area is 135 Å². The highest BCUT2D eigenvalue weighted by atomic mass is 35.5. The van der Waals surface area contributed by atoms with Gasteiger partial charge in [0.1, 0.15) is 0 Å². The van der Waals surface area contributed by atoms with E-state index < -0.39 is 12.0 Å². The number of aliphatic carboxylic acids is 1. The zero-order chi connectivity index (χ0) is 15.1. The maximum atomic E-state index is 12.0. The maximum Gasteiger partial charge on any atom is 0.304 e. The van der Waals surface area contributed by atoms with Gasteiger partial charge >= 0.3 is 5.97 Å². The van der Waals surface area contributed by atoms with E-state index in [9.17, 15) is 9.59 Å². The van der Waals surface area contributed by atoms with Crippen LogP contribution in [-0.4, -0.2) is 41.5 Å². The van der Waals surface area contributed by atoms with E-state index in [1.165, 1.54) is 0 Å². The average molecular weight is 335 g/mol. The van der Waals surface area contributed by atoms with Gasteiger partial charge in [-0.1, -0.05) is 29.8 Å². The van der Waals surface area contributed by atoms with Crippen LogP contribution in [0.4, 0.5) is 0 Å². The van der Waals surface area contributed by atoms with Crippen molar-refractivity contribution in [1.29, 1.82) is 0 Å². The van der Waals surface area contributed by atoms with Gasteiger partial charge < -0.3 is 10.4 Å². The number of nitrogens with one attached hydrogen (secondary N) is 1. The smallest absolute Gasteiger partial charge is 0.304 e. The Kier molecular flexibility index (Phi) is 9.01. The molecule has 118 valence electrons. The minimum absolute atomic E-state index is 0. The van der Waals surface area contributed by atoms with Crippen LogP contribution < -0.4 is 5.32 Å². The van der Waals surface area contributed by atoms with Crippen LogP contribution >= 0.6 is 24.0 Å². The first-order chi connectivity index (χ1) is 9.41. The third kappa shape index (κ3) is 6.80. The van der Waals surface area contributed by atoms with Gasteiger partial charge in [-0.25, -0.2) is 0 Å². The molecule has 1 aromatic rings. The number of rotatable bonds is 7. The van der Waals surface area contributed by atoms with Gasteiger partial charge in [0.05, 0.1) is 12.5 Å². The summed E-state index contributed by atoms with van der Waals surface area (Å²) in [6.07, 6.45) is 0.0125. The molecule has 5 nitrogen and oxygen atoms in total. The SMILES string of the molecule is CC(C(=O)NCc1ccccc1Cl)N(C)CCC(=O)O.Cl. The first kappa shape index (κ1) is 19.7. The van der Waals surface area contributed by atoms with Crippen molar-refractivity contribution >= 4 is 35.9 Å². The minimum Gasteiger partial charge on any atom is -0.481 e. The summed E-state index contributed by atoms with van der Waals surface area (Å²) >= 11 is 6.01. The number of amides is 1. The van der Waals surface area contributed by atoms with Crippen molar-refractivity contribution in [2.45, 2.75) is 25.9 Å². The molecule has 0 aliphatic heterocycles. The lowest BCUT2D eigenvalue weighted by Gasteiger charge is -2.23. The number of nitrogens with zero attached hydrogens (tertiary/aromatic N) is 1. The molecule has 1 aromatic carbocycles. The lowest BCUT2D eigenvalue weighted by atomic mass is 10.2. The van der Waals surface area contributed by atoms with Crippen LogP contribution in [0.25, 0.3) is 0 Å². The quantitative estimate of drug-likeness (QED) is 0.801. The van der Waals surface area contributed by atoms with Crippen LogP contribution in [0.5, 0.6) is 0 Å². The van der Waals surface area contributed by atoms with Crippen LogP contribution in [0.3, 0.4) is 0 Å². The van der Waals surface area contributed by atoms with E-state index in [-0.39, 0.29) is 24.7 Å². The van der Waals surface area contributed by atoms with E-state index in [2.05, 4.69) is 5.32 Å². The summed E-state index contributed by atoms with van der Waals surface area (Å²) in [7, 11) is 1.72. The van der Waals surface area contributed by atoms with Gasteiger partial charge in [-0.15, -0.1) is 12.4 Å². The van der Waals surface area contributed by atoms with Crippen LogP contribution in [0.15, 0.2) is 24.3 Å². The Morgan fingerprint density at radius 3 is 2.57 bits per heavy atom. The Hall–Kier alpha value is -1.30. The lowest BCUT2D eigenvalue weighted by Crippen LogP contribution is -2.43. The molecule has 1 rings (SSSR count). The monoisotopic (exact) mass is 334 g/mol. The van der Waals surface area contributed by atoms with E-state index >= 15 is 0 Å². The van der Waals surface area contributed by atoms with Gasteiger partial charge in [-0.05, 0) is 25.6 Å². The number of halogens is 2. The second-order valence-electron chi connectivity index (χ2n) is 4.61. The van der Waals surface area contributed by atoms with Crippen molar-refractivity contribution in [3.63, 3.8) is 0 Å². The van der Waals surface area contributed by atoms with Crippen molar-refractivity contribution in [3.05, 3.63) is 34.9 Å². The van der Waals surface area contributed by atoms with E-state index in [0.29, 0.717) is 18.1 Å². The topological polar surface area (TPSA) is 69.6 Å². The molecule has 0 saturated heterocycles. The Morgan fingerprint density at radius 2 is 2.00 bits per heavy atom. The highest BCUT2D eigenvalue weighted by Gasteiger charge is 2.18. The van der Waals surface area contributed by atoms with Crippen molar-refractivity contribution in [2.24, 2.45) is 0 Å². The molecular weight excluding hydrogens is 315 g/mol. The fourth-order valence-corrected chi connectivity index (χ4v) is 1.84. The van der Waals surface area contributed by atoms with E-state index in [1.54, 1.807) is 24.9 Å². The lowest BCUT2D eigenvalue weighted by molar-refractivity contribution is -0.138. The molecular formula is C14H20Cl2N2O3. The summed E-state index contributed by atoms with van der Waals surface area (Å²) in [6, 6.07) is 6.91. The molecule has 0 fully saturated rings. The molecule has 0 bridgehead atoms. The van der Waals surface area contributed by atoms with Crippen LogP contribution in [0.2, 0.25) is 5.02 Å². The predicted molar refractivity (Wildman–Crippen MR) is 84.9 cm³/mol. The standard InChI is InChI=1S/C14H19ClN2O3.ClH/c1-10(17(2)8-7-13(18)19)14(20)16-9-11-5-3-4-6-12(11)15;/h3-6,10H,7-9H2,1-2H3,(H,16,20)(H,18,19);1H. The second kappa shape index (κ2) is 9.60. The van der Waals surface area contributed by atoms with E-state index in [4.69, 9.17) is 16.7 Å². The van der Waals surface area contributed by atoms with Crippen LogP contribution in [0.1, 0.15) is 18.9 Å². The van der Waals surface area contributed by atoms with Gasteiger partial charge in [0.2, 0.25) is 5.91 Å². The molecule has 0 aromatic heterocycles. The number of carboxylic acid groups (broad SMARTS) is 1. The van der Waals surface area contributed by atoms with Gasteiger partial charge in [0.15, 0.2) is 0 Å². The van der Waals surface area contributed by atoms with E-state index in [0.717, 1.165) is 5.56 Å². The molecule has 0 radical (unpaired) electrons. The summed E-state index contributed by atoms with van der Waals surface area (Å²) in [5, 5.41) is 12.0. The maximum absolute atomic E-state index is 12.0. The number of carbonyl (C=O) groups is 2. The Balaban J connectivity index is 0.00000400. The van der Waals surface area contributed by atoms with Gasteiger partial charge in [-0.3, -0.25) is 14.5 Å². The minimum atomic E-state index is -0.875. The van der Waals surface area contributed by atoms with Gasteiger partial charge in [-0.2, -0.15) is 0 Å². The van der Waals surface area contributed by atoms with Gasteiger partial charge in [0, 0.05) is 18.1 Å². The third-order valence-corrected chi connectivity index (χ3v) is 3.50. The van der Waals surface area contributed by atoms with Crippen LogP contribution in [-0.2, 0) is 16.1 Å². The largest absolute Gasteiger partial charge is 0.481 e. The van der Waals surface area contributed by atoms with Crippen molar-refractivity contribution in [1.82, 2.24) is 10.2 Å². The molecule has 0 aliphatic carbocycles. The highest BCUT2D eigenvalue weighted by molar-refractivity contribution is 6.31. The molecule has 0 aliphatic rings. The number of carbonyl (C=O) groups excluding carboxylic acids is 1. The van der Waals surface area contributed by atoms with Crippen molar-refractivity contribution in [3.8, 4) is 0 Å². The number of likely N-dealkylation sites (N-methyl/N-ethyl adjacent to an activating group) is 1. The zero-order valence-corrected chi connectivity index (χ0v) is 13.6. The van der Waals surface area contributed by atoms with Gasteiger partial charge in [0.25, 0.3) is 0 Å². The Bertz CT molecular complexity index is 483. The molecule has 7 heteroatoms. The summed E-state index contributed by atoms with van der Waals surface area (Å²) < 4.78 is 0. The number of benzene rings is 1. The van der Waals surface area contributed by atoms with Crippen molar-refractivity contribution < 1.29 is 14.7 Å². The number of carboxylic acids is 1. The summed E-state index contributed by atoms with van der Waals surface area (Å²) in [5.41, 5.74) is 0.850. The number of hydrogen-bond donors (Lipinski definition) is 2. The first-order valence-corrected chi connectivity index (χ1v) is 6.72. The fourth-order valence-electron chi connectivity index (χ4n) is 1.64. The summed E-state index contributed by atoms with van der Waals surface area (Å²) in [5.74, 6) is -1.03. The highest BCUT2D eigenvalue weighted by Crippen LogP contribution is 2.14. The molecule has 1 unspecified atom stereocenters. The van der Waals surface area contributed by atoms with E-state index in [1.807, 2.05) is 18.2 Å². The molecule has 0 spiro atoms. The first-order valence-electron chi connectivity index (χ1n) is 6.35. The molecule has 1 atom stereocenters.